The van der Waals surface area contributed by atoms with Crippen LogP contribution in [0, 0.1) is 0 Å². The smallest absolute Gasteiger partial charge is 0.322 e. The van der Waals surface area contributed by atoms with Crippen LogP contribution in [0.4, 0.5) is 5.95 Å². The molecule has 0 saturated heterocycles. The lowest BCUT2D eigenvalue weighted by Crippen LogP contribution is -2.11. The van der Waals surface area contributed by atoms with Crippen LogP contribution in [0.25, 0.3) is 0 Å². The van der Waals surface area contributed by atoms with Crippen molar-refractivity contribution in [1.82, 2.24) is 19.9 Å². The van der Waals surface area contributed by atoms with Crippen LogP contribution in [0.15, 0.2) is 18.3 Å². The lowest BCUT2D eigenvalue weighted by atomic mass is 10.2. The molecule has 0 bridgehead atoms. The molecular weight excluding hydrogens is 294 g/mol. The molecule has 0 spiro atoms. The molecule has 112 valence electrons. The molecule has 7 nitrogen and oxygen atoms in total. The summed E-state index contributed by atoms with van der Waals surface area (Å²) in [6.45, 7) is 4.27. The average molecular weight is 310 g/mol. The van der Waals surface area contributed by atoms with Crippen molar-refractivity contribution in [3.05, 3.63) is 29.2 Å². The summed E-state index contributed by atoms with van der Waals surface area (Å²) in [4.78, 5) is 16.1. The van der Waals surface area contributed by atoms with Gasteiger partial charge < -0.3 is 14.8 Å². The van der Waals surface area contributed by atoms with Crippen molar-refractivity contribution in [2.24, 2.45) is 0 Å². The number of methoxy groups -OCH3 is 1. The molecule has 0 atom stereocenters. The summed E-state index contributed by atoms with van der Waals surface area (Å²) in [6, 6.07) is 3.88. The summed E-state index contributed by atoms with van der Waals surface area (Å²) in [5.74, 6) is 0.897. The first-order valence-electron chi connectivity index (χ1n) is 6.38. The van der Waals surface area contributed by atoms with E-state index in [1.54, 1.807) is 13.3 Å². The zero-order valence-corrected chi connectivity index (χ0v) is 12.8. The van der Waals surface area contributed by atoms with E-state index in [9.17, 15) is 0 Å². The van der Waals surface area contributed by atoms with Crippen LogP contribution in [-0.4, -0.2) is 33.1 Å². The van der Waals surface area contributed by atoms with E-state index in [0.29, 0.717) is 18.4 Å². The van der Waals surface area contributed by atoms with Crippen molar-refractivity contribution < 1.29 is 9.47 Å². The summed E-state index contributed by atoms with van der Waals surface area (Å²) < 4.78 is 10.5. The number of pyridine rings is 1. The Labute approximate surface area is 127 Å². The second kappa shape index (κ2) is 7.03. The number of nitrogens with zero attached hydrogens (tertiary/aromatic N) is 4. The Balaban J connectivity index is 2.06. The van der Waals surface area contributed by atoms with Crippen LogP contribution in [0.1, 0.15) is 19.4 Å². The number of nitrogens with one attached hydrogen (secondary N) is 1. The maximum atomic E-state index is 5.85. The first-order chi connectivity index (χ1) is 10.1. The largest absolute Gasteiger partial charge is 0.481 e. The molecule has 0 amide bonds. The van der Waals surface area contributed by atoms with Crippen LogP contribution in [0.5, 0.6) is 11.9 Å². The molecule has 1 N–H and O–H groups in total. The van der Waals surface area contributed by atoms with E-state index in [0.717, 1.165) is 5.56 Å². The molecule has 2 aromatic rings. The molecule has 0 radical (unpaired) electrons. The van der Waals surface area contributed by atoms with Crippen LogP contribution in [0.3, 0.4) is 0 Å². The van der Waals surface area contributed by atoms with Gasteiger partial charge >= 0.3 is 6.01 Å². The molecule has 0 fully saturated rings. The standard InChI is InChI=1S/C13H16ClN5O2/c1-8(2)21-13-18-11(14)17-12(19-13)16-7-9-4-5-15-10(6-9)20-3/h4-6,8H,7H2,1-3H3,(H,16,17,18,19). The fraction of sp³-hybridized carbons (Fsp3) is 0.385. The van der Waals surface area contributed by atoms with Gasteiger partial charge in [0.1, 0.15) is 0 Å². The van der Waals surface area contributed by atoms with Crippen molar-refractivity contribution in [1.29, 1.82) is 0 Å². The third-order valence-corrected chi connectivity index (χ3v) is 2.56. The number of anilines is 1. The molecule has 8 heteroatoms. The van der Waals surface area contributed by atoms with Crippen molar-refractivity contribution in [2.45, 2.75) is 26.5 Å². The van der Waals surface area contributed by atoms with Crippen LogP contribution >= 0.6 is 11.6 Å². The minimum Gasteiger partial charge on any atom is -0.481 e. The topological polar surface area (TPSA) is 82.0 Å². The molecule has 21 heavy (non-hydrogen) atoms. The quantitative estimate of drug-likeness (QED) is 0.876. The Morgan fingerprint density at radius 1 is 1.29 bits per heavy atom. The predicted molar refractivity (Wildman–Crippen MR) is 78.7 cm³/mol. The number of hydrogen-bond donors (Lipinski definition) is 1. The van der Waals surface area contributed by atoms with Crippen LogP contribution < -0.4 is 14.8 Å². The Kier molecular flexibility index (Phi) is 5.10. The monoisotopic (exact) mass is 309 g/mol. The highest BCUT2D eigenvalue weighted by molar-refractivity contribution is 6.28. The summed E-state index contributed by atoms with van der Waals surface area (Å²) in [6.07, 6.45) is 1.63. The van der Waals surface area contributed by atoms with Crippen LogP contribution in [-0.2, 0) is 6.54 Å². The second-order valence-electron chi connectivity index (χ2n) is 4.44. The van der Waals surface area contributed by atoms with Gasteiger partial charge in [0, 0.05) is 18.8 Å². The van der Waals surface area contributed by atoms with E-state index in [1.165, 1.54) is 0 Å². The van der Waals surface area contributed by atoms with E-state index in [4.69, 9.17) is 21.1 Å². The molecule has 2 rings (SSSR count). The molecule has 0 saturated carbocycles. The first kappa shape index (κ1) is 15.2. The highest BCUT2D eigenvalue weighted by Gasteiger charge is 2.08. The van der Waals surface area contributed by atoms with E-state index in [-0.39, 0.29) is 17.4 Å². The van der Waals surface area contributed by atoms with Crippen molar-refractivity contribution in [3.8, 4) is 11.9 Å². The number of ether oxygens (including phenoxy) is 2. The molecule has 2 aromatic heterocycles. The number of hydrogen-bond acceptors (Lipinski definition) is 7. The highest BCUT2D eigenvalue weighted by Crippen LogP contribution is 2.14. The van der Waals surface area contributed by atoms with E-state index in [1.807, 2.05) is 26.0 Å². The van der Waals surface area contributed by atoms with E-state index >= 15 is 0 Å². The van der Waals surface area contributed by atoms with Gasteiger partial charge in [0.25, 0.3) is 0 Å². The van der Waals surface area contributed by atoms with Crippen molar-refractivity contribution >= 4 is 17.5 Å². The van der Waals surface area contributed by atoms with Gasteiger partial charge in [0.2, 0.25) is 17.1 Å². The second-order valence-corrected chi connectivity index (χ2v) is 4.78. The Hall–Kier alpha value is -2.15. The number of aromatic nitrogens is 4. The minimum absolute atomic E-state index is 0.0409. The van der Waals surface area contributed by atoms with Gasteiger partial charge in [0.05, 0.1) is 13.2 Å². The van der Waals surface area contributed by atoms with Gasteiger partial charge in [0.15, 0.2) is 0 Å². The molecule has 0 aliphatic carbocycles. The van der Waals surface area contributed by atoms with Crippen molar-refractivity contribution in [2.75, 3.05) is 12.4 Å². The number of rotatable bonds is 6. The normalized spacial score (nSPS) is 10.5. The summed E-state index contributed by atoms with van der Waals surface area (Å²) in [5.41, 5.74) is 0.977. The third-order valence-electron chi connectivity index (χ3n) is 2.39. The fourth-order valence-electron chi connectivity index (χ4n) is 1.53. The van der Waals surface area contributed by atoms with E-state index in [2.05, 4.69) is 25.3 Å². The van der Waals surface area contributed by atoms with Gasteiger partial charge in [-0.1, -0.05) is 0 Å². The lowest BCUT2D eigenvalue weighted by molar-refractivity contribution is 0.222. The maximum Gasteiger partial charge on any atom is 0.322 e. The summed E-state index contributed by atoms with van der Waals surface area (Å²) >= 11 is 5.85. The molecule has 0 aliphatic heterocycles. The zero-order valence-electron chi connectivity index (χ0n) is 12.0. The van der Waals surface area contributed by atoms with E-state index < -0.39 is 0 Å². The molecule has 0 aliphatic rings. The highest BCUT2D eigenvalue weighted by atomic mass is 35.5. The van der Waals surface area contributed by atoms with Crippen LogP contribution in [0.2, 0.25) is 5.28 Å². The SMILES string of the molecule is COc1cc(CNc2nc(Cl)nc(OC(C)C)n2)ccn1. The van der Waals surface area contributed by atoms with Gasteiger partial charge in [-0.2, -0.15) is 15.0 Å². The molecule has 0 unspecified atom stereocenters. The van der Waals surface area contributed by atoms with Gasteiger partial charge in [-0.3, -0.25) is 0 Å². The lowest BCUT2D eigenvalue weighted by Gasteiger charge is -2.10. The van der Waals surface area contributed by atoms with Crippen molar-refractivity contribution in [3.63, 3.8) is 0 Å². The van der Waals surface area contributed by atoms with Gasteiger partial charge in [-0.05, 0) is 37.1 Å². The molecule has 0 aromatic carbocycles. The summed E-state index contributed by atoms with van der Waals surface area (Å²) in [5, 5.41) is 3.14. The van der Waals surface area contributed by atoms with Gasteiger partial charge in [-0.25, -0.2) is 4.98 Å². The van der Waals surface area contributed by atoms with Gasteiger partial charge in [-0.15, -0.1) is 0 Å². The Bertz CT molecular complexity index is 609. The predicted octanol–water partition coefficient (Wildman–Crippen LogP) is 2.33. The minimum atomic E-state index is -0.0409. The Morgan fingerprint density at radius 2 is 2.10 bits per heavy atom. The Morgan fingerprint density at radius 3 is 2.81 bits per heavy atom. The number of halogens is 1. The first-order valence-corrected chi connectivity index (χ1v) is 6.75. The molecule has 2 heterocycles. The third kappa shape index (κ3) is 4.71. The fourth-order valence-corrected chi connectivity index (χ4v) is 1.68. The molecular formula is C13H16ClN5O2. The maximum absolute atomic E-state index is 5.85. The summed E-state index contributed by atoms with van der Waals surface area (Å²) in [7, 11) is 1.57. The zero-order chi connectivity index (χ0) is 15.2. The average Bonchev–Trinajstić information content (AvgIpc) is 2.44.